The van der Waals surface area contributed by atoms with E-state index in [9.17, 15) is 5.11 Å². The number of aliphatic hydroxyl groups is 1. The maximum atomic E-state index is 9.76. The fraction of sp³-hybridized carbons (Fsp3) is 0.385. The first-order chi connectivity index (χ1) is 8.05. The zero-order valence-corrected chi connectivity index (χ0v) is 10.0. The topological polar surface area (TPSA) is 49.2 Å². The van der Waals surface area contributed by atoms with E-state index in [-0.39, 0.29) is 0 Å². The minimum atomic E-state index is -0.584. The van der Waals surface area contributed by atoms with Gasteiger partial charge in [-0.3, -0.25) is 0 Å². The van der Waals surface area contributed by atoms with Crippen molar-refractivity contribution in [2.75, 3.05) is 18.0 Å². The molecule has 4 nitrogen and oxygen atoms in total. The number of benzene rings is 1. The van der Waals surface area contributed by atoms with Crippen LogP contribution in [0.25, 0.3) is 11.0 Å². The minimum Gasteiger partial charge on any atom is -0.386 e. The van der Waals surface area contributed by atoms with E-state index in [2.05, 4.69) is 14.9 Å². The fourth-order valence-electron chi connectivity index (χ4n) is 2.30. The number of anilines is 1. The summed E-state index contributed by atoms with van der Waals surface area (Å²) in [4.78, 5) is 11.2. The SMILES string of the molecule is Cc1nc2ccccc2nc1N1CC(C)(O)C1. The second-order valence-corrected chi connectivity index (χ2v) is 4.97. The first-order valence-electron chi connectivity index (χ1n) is 5.76. The summed E-state index contributed by atoms with van der Waals surface area (Å²) in [5.74, 6) is 0.884. The molecule has 0 radical (unpaired) electrons. The van der Waals surface area contributed by atoms with Crippen molar-refractivity contribution in [2.24, 2.45) is 0 Å². The van der Waals surface area contributed by atoms with Crippen LogP contribution < -0.4 is 4.90 Å². The summed E-state index contributed by atoms with van der Waals surface area (Å²) in [6, 6.07) is 7.85. The maximum Gasteiger partial charge on any atom is 0.151 e. The molecule has 2 heterocycles. The molecule has 1 aliphatic rings. The van der Waals surface area contributed by atoms with Gasteiger partial charge in [0.05, 0.1) is 22.3 Å². The zero-order valence-electron chi connectivity index (χ0n) is 10.0. The number of para-hydroxylation sites is 2. The van der Waals surface area contributed by atoms with Crippen LogP contribution in [0.1, 0.15) is 12.6 Å². The first kappa shape index (κ1) is 10.5. The highest BCUT2D eigenvalue weighted by atomic mass is 16.3. The third-order valence-electron chi connectivity index (χ3n) is 3.08. The van der Waals surface area contributed by atoms with Gasteiger partial charge >= 0.3 is 0 Å². The summed E-state index contributed by atoms with van der Waals surface area (Å²) in [5.41, 5.74) is 2.15. The van der Waals surface area contributed by atoms with Crippen molar-refractivity contribution in [1.82, 2.24) is 9.97 Å². The zero-order chi connectivity index (χ0) is 12.0. The van der Waals surface area contributed by atoms with Gasteiger partial charge < -0.3 is 10.0 Å². The van der Waals surface area contributed by atoms with Gasteiger partial charge in [-0.05, 0) is 26.0 Å². The van der Waals surface area contributed by atoms with Crippen molar-refractivity contribution < 1.29 is 5.11 Å². The van der Waals surface area contributed by atoms with Crippen LogP contribution >= 0.6 is 0 Å². The Morgan fingerprint density at radius 2 is 1.76 bits per heavy atom. The molecule has 0 bridgehead atoms. The highest BCUT2D eigenvalue weighted by Gasteiger charge is 2.38. The molecule has 2 aromatic rings. The van der Waals surface area contributed by atoms with Crippen molar-refractivity contribution in [3.63, 3.8) is 0 Å². The average molecular weight is 229 g/mol. The lowest BCUT2D eigenvalue weighted by atomic mass is 9.97. The van der Waals surface area contributed by atoms with Crippen LogP contribution in [-0.4, -0.2) is 33.8 Å². The molecular formula is C13H15N3O. The average Bonchev–Trinajstić information content (AvgIpc) is 2.25. The van der Waals surface area contributed by atoms with Crippen LogP contribution in [0.4, 0.5) is 5.82 Å². The largest absolute Gasteiger partial charge is 0.386 e. The Morgan fingerprint density at radius 1 is 1.18 bits per heavy atom. The number of fused-ring (bicyclic) bond motifs is 1. The van der Waals surface area contributed by atoms with Crippen molar-refractivity contribution in [3.8, 4) is 0 Å². The van der Waals surface area contributed by atoms with Crippen LogP contribution in [0, 0.1) is 6.92 Å². The molecule has 0 aliphatic carbocycles. The van der Waals surface area contributed by atoms with Crippen molar-refractivity contribution in [3.05, 3.63) is 30.0 Å². The third-order valence-corrected chi connectivity index (χ3v) is 3.08. The highest BCUT2D eigenvalue weighted by Crippen LogP contribution is 2.28. The molecule has 1 aromatic carbocycles. The molecule has 0 saturated carbocycles. The molecule has 1 aliphatic heterocycles. The summed E-state index contributed by atoms with van der Waals surface area (Å²) in [6.45, 7) is 5.05. The Kier molecular flexibility index (Phi) is 2.10. The number of aryl methyl sites for hydroxylation is 1. The molecule has 88 valence electrons. The molecule has 0 unspecified atom stereocenters. The van der Waals surface area contributed by atoms with Crippen molar-refractivity contribution in [1.29, 1.82) is 0 Å². The Balaban J connectivity index is 2.03. The number of aromatic nitrogens is 2. The molecule has 1 fully saturated rings. The quantitative estimate of drug-likeness (QED) is 0.805. The van der Waals surface area contributed by atoms with Crippen molar-refractivity contribution >= 4 is 16.9 Å². The fourth-order valence-corrected chi connectivity index (χ4v) is 2.30. The van der Waals surface area contributed by atoms with Gasteiger partial charge in [0.2, 0.25) is 0 Å². The number of hydrogen-bond donors (Lipinski definition) is 1. The van der Waals surface area contributed by atoms with Gasteiger partial charge in [0.25, 0.3) is 0 Å². The summed E-state index contributed by atoms with van der Waals surface area (Å²) in [6.07, 6.45) is 0. The minimum absolute atomic E-state index is 0.584. The molecule has 4 heteroatoms. The molecule has 1 N–H and O–H groups in total. The second-order valence-electron chi connectivity index (χ2n) is 4.97. The Labute approximate surface area is 99.9 Å². The van der Waals surface area contributed by atoms with E-state index in [1.807, 2.05) is 38.1 Å². The van der Waals surface area contributed by atoms with E-state index in [1.54, 1.807) is 0 Å². The second kappa shape index (κ2) is 3.40. The van der Waals surface area contributed by atoms with Gasteiger partial charge in [0, 0.05) is 13.1 Å². The van der Waals surface area contributed by atoms with Crippen molar-refractivity contribution in [2.45, 2.75) is 19.4 Å². The molecular weight excluding hydrogens is 214 g/mol. The molecule has 17 heavy (non-hydrogen) atoms. The van der Waals surface area contributed by atoms with Crippen LogP contribution in [0.2, 0.25) is 0 Å². The van der Waals surface area contributed by atoms with E-state index < -0.39 is 5.60 Å². The molecule has 0 amide bonds. The molecule has 1 aromatic heterocycles. The highest BCUT2D eigenvalue weighted by molar-refractivity contribution is 5.76. The van der Waals surface area contributed by atoms with Crippen LogP contribution in [0.5, 0.6) is 0 Å². The summed E-state index contributed by atoms with van der Waals surface area (Å²) in [7, 11) is 0. The van der Waals surface area contributed by atoms with Gasteiger partial charge in [-0.1, -0.05) is 12.1 Å². The lowest BCUT2D eigenvalue weighted by Crippen LogP contribution is -2.60. The number of β-amino-alcohol motifs (C(OH)–C–C–N with tert-alkyl or cyclic N) is 1. The Bertz CT molecular complexity index is 572. The lowest BCUT2D eigenvalue weighted by Gasteiger charge is -2.45. The summed E-state index contributed by atoms with van der Waals surface area (Å²) < 4.78 is 0. The van der Waals surface area contributed by atoms with Gasteiger partial charge in [0.15, 0.2) is 5.82 Å². The van der Waals surface area contributed by atoms with E-state index in [4.69, 9.17) is 0 Å². The number of nitrogens with zero attached hydrogens (tertiary/aromatic N) is 3. The van der Waals surface area contributed by atoms with E-state index >= 15 is 0 Å². The van der Waals surface area contributed by atoms with Crippen LogP contribution in [-0.2, 0) is 0 Å². The summed E-state index contributed by atoms with van der Waals surface area (Å²) in [5, 5.41) is 9.76. The standard InChI is InChI=1S/C13H15N3O/c1-9-12(16-7-13(2,17)8-16)15-11-6-4-3-5-10(11)14-9/h3-6,17H,7-8H2,1-2H3. The van der Waals surface area contributed by atoms with E-state index in [0.717, 1.165) is 22.5 Å². The summed E-state index contributed by atoms with van der Waals surface area (Å²) >= 11 is 0. The monoisotopic (exact) mass is 229 g/mol. The van der Waals surface area contributed by atoms with Gasteiger partial charge in [-0.2, -0.15) is 0 Å². The van der Waals surface area contributed by atoms with Gasteiger partial charge in [-0.25, -0.2) is 9.97 Å². The Hall–Kier alpha value is -1.68. The smallest absolute Gasteiger partial charge is 0.151 e. The molecule has 0 atom stereocenters. The van der Waals surface area contributed by atoms with Crippen LogP contribution in [0.15, 0.2) is 24.3 Å². The normalized spacial score (nSPS) is 18.2. The Morgan fingerprint density at radius 3 is 2.35 bits per heavy atom. The van der Waals surface area contributed by atoms with E-state index in [1.165, 1.54) is 0 Å². The predicted octanol–water partition coefficient (Wildman–Crippen LogP) is 1.51. The lowest BCUT2D eigenvalue weighted by molar-refractivity contribution is 0.0304. The van der Waals surface area contributed by atoms with Gasteiger partial charge in [-0.15, -0.1) is 0 Å². The van der Waals surface area contributed by atoms with E-state index in [0.29, 0.717) is 13.1 Å². The molecule has 3 rings (SSSR count). The number of hydrogen-bond acceptors (Lipinski definition) is 4. The van der Waals surface area contributed by atoms with Crippen LogP contribution in [0.3, 0.4) is 0 Å². The third kappa shape index (κ3) is 1.74. The first-order valence-corrected chi connectivity index (χ1v) is 5.76. The molecule has 0 spiro atoms. The van der Waals surface area contributed by atoms with Gasteiger partial charge in [0.1, 0.15) is 0 Å². The maximum absolute atomic E-state index is 9.76. The predicted molar refractivity (Wildman–Crippen MR) is 67.1 cm³/mol. The number of rotatable bonds is 1. The molecule has 1 saturated heterocycles.